The second kappa shape index (κ2) is 12.0. The van der Waals surface area contributed by atoms with Gasteiger partial charge in [-0.2, -0.15) is 0 Å². The lowest BCUT2D eigenvalue weighted by Gasteiger charge is -2.28. The fourth-order valence-corrected chi connectivity index (χ4v) is 8.02. The van der Waals surface area contributed by atoms with E-state index < -0.39 is 7.26 Å². The van der Waals surface area contributed by atoms with E-state index in [1.807, 2.05) is 26.0 Å². The average Bonchev–Trinajstić information content (AvgIpc) is 2.70. The Kier molecular flexibility index (Phi) is 10.4. The standard InChI is InChI=1S/C21H23BrP.C2H6/c1-3-12-19(4-2)23(18-11-17-22,20-13-7-5-8-14-20)21-15-9-6-10-16-21;1-2/h3-10,12-16H,1-2,11,17-18H2;1-2H3/q+1;/b19-12+;. The van der Waals surface area contributed by atoms with Crippen molar-refractivity contribution in [3.63, 3.8) is 0 Å². The van der Waals surface area contributed by atoms with Gasteiger partial charge in [-0.05, 0) is 42.8 Å². The molecule has 0 saturated heterocycles. The van der Waals surface area contributed by atoms with Crippen LogP contribution in [0.25, 0.3) is 0 Å². The molecule has 2 aromatic rings. The van der Waals surface area contributed by atoms with E-state index in [4.69, 9.17) is 0 Å². The molecule has 0 bridgehead atoms. The Hall–Kier alpha value is -1.43. The zero-order valence-electron chi connectivity index (χ0n) is 15.4. The lowest BCUT2D eigenvalue weighted by atomic mass is 10.4. The second-order valence-electron chi connectivity index (χ2n) is 5.28. The Bertz CT molecular complexity index is 620. The Morgan fingerprint density at radius 3 is 1.76 bits per heavy atom. The number of hydrogen-bond donors (Lipinski definition) is 0. The molecule has 0 radical (unpaired) electrons. The summed E-state index contributed by atoms with van der Waals surface area (Å²) < 4.78 is 0. The second-order valence-corrected chi connectivity index (χ2v) is 9.69. The first-order valence-corrected chi connectivity index (χ1v) is 11.9. The topological polar surface area (TPSA) is 0 Å². The quantitative estimate of drug-likeness (QED) is 0.255. The Labute approximate surface area is 162 Å². The van der Waals surface area contributed by atoms with Crippen molar-refractivity contribution in [3.05, 3.63) is 97.4 Å². The fourth-order valence-electron chi connectivity index (χ4n) is 2.97. The molecule has 2 heteroatoms. The summed E-state index contributed by atoms with van der Waals surface area (Å²) in [6, 6.07) is 21.7. The lowest BCUT2D eigenvalue weighted by molar-refractivity contribution is 1.12. The van der Waals surface area contributed by atoms with Gasteiger partial charge in [-0.15, -0.1) is 0 Å². The number of rotatable bonds is 8. The van der Waals surface area contributed by atoms with E-state index in [-0.39, 0.29) is 0 Å². The zero-order chi connectivity index (χ0) is 18.5. The van der Waals surface area contributed by atoms with Crippen molar-refractivity contribution >= 4 is 33.8 Å². The molecule has 0 nitrogen and oxygen atoms in total. The Morgan fingerprint density at radius 1 is 0.920 bits per heavy atom. The summed E-state index contributed by atoms with van der Waals surface area (Å²) in [5, 5.41) is 5.11. The molecule has 2 aromatic carbocycles. The maximum Gasteiger partial charge on any atom is 0.112 e. The number of halogens is 1. The summed E-state index contributed by atoms with van der Waals surface area (Å²) in [4.78, 5) is 0. The van der Waals surface area contributed by atoms with Gasteiger partial charge in [0.1, 0.15) is 23.2 Å². The molecule has 132 valence electrons. The van der Waals surface area contributed by atoms with Crippen molar-refractivity contribution in [2.45, 2.75) is 20.3 Å². The van der Waals surface area contributed by atoms with Gasteiger partial charge in [0.05, 0.1) is 6.16 Å². The largest absolute Gasteiger partial charge is 0.112 e. The van der Waals surface area contributed by atoms with Crippen LogP contribution in [0.3, 0.4) is 0 Å². The molecule has 0 fully saturated rings. The van der Waals surface area contributed by atoms with Crippen molar-refractivity contribution in [1.29, 1.82) is 0 Å². The highest BCUT2D eigenvalue weighted by Crippen LogP contribution is 2.64. The lowest BCUT2D eigenvalue weighted by Crippen LogP contribution is -2.26. The molecule has 0 aliphatic rings. The van der Waals surface area contributed by atoms with Gasteiger partial charge in [0.15, 0.2) is 0 Å². The van der Waals surface area contributed by atoms with Gasteiger partial charge in [0.25, 0.3) is 0 Å². The fraction of sp³-hybridized carbons (Fsp3) is 0.217. The van der Waals surface area contributed by atoms with Crippen LogP contribution in [0.4, 0.5) is 0 Å². The van der Waals surface area contributed by atoms with Crippen molar-refractivity contribution < 1.29 is 0 Å². The zero-order valence-corrected chi connectivity index (χ0v) is 17.8. The first-order valence-electron chi connectivity index (χ1n) is 8.80. The van der Waals surface area contributed by atoms with Crippen LogP contribution in [-0.4, -0.2) is 11.5 Å². The number of alkyl halides is 1. The normalized spacial score (nSPS) is 11.2. The summed E-state index contributed by atoms with van der Waals surface area (Å²) in [6.45, 7) is 12.0. The van der Waals surface area contributed by atoms with E-state index in [2.05, 4.69) is 95.8 Å². The molecule has 0 aromatic heterocycles. The summed E-state index contributed by atoms with van der Waals surface area (Å²) in [5.74, 6) is 0. The molecular formula is C23H29BrP+. The molecule has 0 spiro atoms. The molecule has 25 heavy (non-hydrogen) atoms. The van der Waals surface area contributed by atoms with Crippen LogP contribution in [0.15, 0.2) is 97.4 Å². The first-order chi connectivity index (χ1) is 12.3. The van der Waals surface area contributed by atoms with Crippen LogP contribution >= 0.6 is 23.2 Å². The van der Waals surface area contributed by atoms with Crippen LogP contribution in [-0.2, 0) is 0 Å². The predicted molar refractivity (Wildman–Crippen MR) is 122 cm³/mol. The highest BCUT2D eigenvalue weighted by atomic mass is 79.9. The van der Waals surface area contributed by atoms with E-state index >= 15 is 0 Å². The van der Waals surface area contributed by atoms with Crippen LogP contribution in [0.1, 0.15) is 20.3 Å². The van der Waals surface area contributed by atoms with E-state index in [1.54, 1.807) is 0 Å². The SMILES string of the molecule is C=C/C=C(\C=C)[P+](CCCBr)(c1ccccc1)c1ccccc1.CC. The smallest absolute Gasteiger partial charge is 0.0989 e. The third-order valence-electron chi connectivity index (χ3n) is 3.96. The first kappa shape index (κ1) is 21.6. The van der Waals surface area contributed by atoms with E-state index in [1.165, 1.54) is 15.9 Å². The molecule has 0 aliphatic heterocycles. The summed E-state index contributed by atoms with van der Waals surface area (Å²) in [7, 11) is -1.70. The third-order valence-corrected chi connectivity index (χ3v) is 9.08. The molecule has 0 aliphatic carbocycles. The van der Waals surface area contributed by atoms with Gasteiger partial charge >= 0.3 is 0 Å². The summed E-state index contributed by atoms with van der Waals surface area (Å²) in [5.41, 5.74) is 0. The van der Waals surface area contributed by atoms with Gasteiger partial charge in [-0.1, -0.05) is 85.4 Å². The van der Waals surface area contributed by atoms with Gasteiger partial charge in [0.2, 0.25) is 0 Å². The maximum absolute atomic E-state index is 4.10. The summed E-state index contributed by atoms with van der Waals surface area (Å²) in [6.07, 6.45) is 8.28. The van der Waals surface area contributed by atoms with Crippen molar-refractivity contribution in [3.8, 4) is 0 Å². The highest BCUT2D eigenvalue weighted by Gasteiger charge is 2.45. The van der Waals surface area contributed by atoms with Gasteiger partial charge in [-0.25, -0.2) is 0 Å². The minimum Gasteiger partial charge on any atom is -0.0989 e. The van der Waals surface area contributed by atoms with Crippen LogP contribution in [0, 0.1) is 0 Å². The molecule has 0 N–H and O–H groups in total. The van der Waals surface area contributed by atoms with Crippen molar-refractivity contribution in [2.24, 2.45) is 0 Å². The average molecular weight is 416 g/mol. The predicted octanol–water partition coefficient (Wildman–Crippen LogP) is 6.72. The molecule has 0 atom stereocenters. The number of allylic oxidation sites excluding steroid dienone is 4. The number of hydrogen-bond acceptors (Lipinski definition) is 0. The minimum atomic E-state index is -1.70. The minimum absolute atomic E-state index is 1.01. The van der Waals surface area contributed by atoms with Crippen molar-refractivity contribution in [2.75, 3.05) is 11.5 Å². The van der Waals surface area contributed by atoms with Crippen LogP contribution in [0.5, 0.6) is 0 Å². The number of benzene rings is 2. The summed E-state index contributed by atoms with van der Waals surface area (Å²) >= 11 is 3.61. The Balaban J connectivity index is 0.00000151. The van der Waals surface area contributed by atoms with Crippen molar-refractivity contribution in [1.82, 2.24) is 0 Å². The molecule has 2 rings (SSSR count). The van der Waals surface area contributed by atoms with Crippen LogP contribution < -0.4 is 10.6 Å². The highest BCUT2D eigenvalue weighted by molar-refractivity contribution is 9.09. The Morgan fingerprint density at radius 2 is 1.40 bits per heavy atom. The van der Waals surface area contributed by atoms with Gasteiger partial charge in [-0.3, -0.25) is 0 Å². The van der Waals surface area contributed by atoms with Crippen LogP contribution in [0.2, 0.25) is 0 Å². The molecule has 0 amide bonds. The van der Waals surface area contributed by atoms with E-state index in [0.717, 1.165) is 17.9 Å². The molecule has 0 unspecified atom stereocenters. The molecular weight excluding hydrogens is 387 g/mol. The maximum atomic E-state index is 4.10. The third kappa shape index (κ3) is 5.27. The molecule has 0 heterocycles. The van der Waals surface area contributed by atoms with E-state index in [0.29, 0.717) is 0 Å². The van der Waals surface area contributed by atoms with E-state index in [9.17, 15) is 0 Å². The van der Waals surface area contributed by atoms with Gasteiger partial charge in [0, 0.05) is 5.33 Å². The van der Waals surface area contributed by atoms with Gasteiger partial charge < -0.3 is 0 Å². The molecule has 0 saturated carbocycles. The monoisotopic (exact) mass is 415 g/mol.